The Morgan fingerprint density at radius 3 is 2.45 bits per heavy atom. The normalized spacial score (nSPS) is 19.7. The highest BCUT2D eigenvalue weighted by molar-refractivity contribution is 7.93. The number of hydrogen-bond donors (Lipinski definition) is 1. The van der Waals surface area contributed by atoms with Crippen LogP contribution in [-0.4, -0.2) is 10.1 Å². The minimum Gasteiger partial charge on any atom is -0.486 e. The monoisotopic (exact) mass is 437 g/mol. The smallest absolute Gasteiger partial charge is 0.257 e. The van der Waals surface area contributed by atoms with Crippen LogP contribution in [0.5, 0.6) is 5.75 Å². The van der Waals surface area contributed by atoms with E-state index in [0.29, 0.717) is 28.2 Å². The number of ether oxygens (including phenoxy) is 1. The van der Waals surface area contributed by atoms with E-state index in [4.69, 9.17) is 4.74 Å². The summed E-state index contributed by atoms with van der Waals surface area (Å²) in [6.45, 7) is 0. The van der Waals surface area contributed by atoms with Crippen molar-refractivity contribution in [3.63, 3.8) is 0 Å². The van der Waals surface area contributed by atoms with Gasteiger partial charge in [-0.2, -0.15) is 0 Å². The minimum atomic E-state index is -1.54. The summed E-state index contributed by atoms with van der Waals surface area (Å²) in [5, 5.41) is 0. The Morgan fingerprint density at radius 2 is 1.71 bits per heavy atom. The molecule has 1 unspecified atom stereocenters. The molecule has 1 aliphatic carbocycles. The number of halogens is 2. The number of nitrogens with one attached hydrogen (secondary N) is 1. The minimum absolute atomic E-state index is 0.208. The lowest BCUT2D eigenvalue weighted by molar-refractivity contribution is -0.114. The van der Waals surface area contributed by atoms with E-state index in [-0.39, 0.29) is 17.6 Å². The number of carbonyl (C=O) groups excluding carboxylic acids is 1. The first kappa shape index (κ1) is 19.6. The van der Waals surface area contributed by atoms with Crippen molar-refractivity contribution < 1.29 is 22.5 Å². The van der Waals surface area contributed by atoms with E-state index in [2.05, 4.69) is 4.72 Å². The first-order valence-electron chi connectivity index (χ1n) is 9.78. The summed E-state index contributed by atoms with van der Waals surface area (Å²) >= 11 is 0. The quantitative estimate of drug-likeness (QED) is 0.636. The van der Waals surface area contributed by atoms with Gasteiger partial charge in [-0.25, -0.2) is 13.0 Å². The van der Waals surface area contributed by atoms with Crippen LogP contribution in [0.3, 0.4) is 0 Å². The SMILES string of the molecule is O=C1C=C(c2ccc(O[C@@H]3CCc4c(-c5cccc(F)c5F)cccc43)cc2)S(=O)N1. The van der Waals surface area contributed by atoms with Crippen molar-refractivity contribution >= 4 is 21.8 Å². The molecule has 0 saturated heterocycles. The molecule has 0 fully saturated rings. The summed E-state index contributed by atoms with van der Waals surface area (Å²) < 4.78 is 48.5. The predicted molar refractivity (Wildman–Crippen MR) is 114 cm³/mol. The highest BCUT2D eigenvalue weighted by Crippen LogP contribution is 2.41. The van der Waals surface area contributed by atoms with Gasteiger partial charge < -0.3 is 4.74 Å². The Hall–Kier alpha value is -3.32. The number of carbonyl (C=O) groups is 1. The Labute approximate surface area is 180 Å². The Bertz CT molecular complexity index is 1250. The molecule has 3 aromatic carbocycles. The molecule has 0 radical (unpaired) electrons. The molecule has 2 aliphatic rings. The number of benzene rings is 3. The molecule has 4 nitrogen and oxygen atoms in total. The highest BCUT2D eigenvalue weighted by atomic mass is 32.2. The van der Waals surface area contributed by atoms with Gasteiger partial charge in [0.1, 0.15) is 11.9 Å². The topological polar surface area (TPSA) is 55.4 Å². The maximum Gasteiger partial charge on any atom is 0.257 e. The van der Waals surface area contributed by atoms with Crippen molar-refractivity contribution in [2.45, 2.75) is 18.9 Å². The molecular formula is C24H17F2NO3S. The molecule has 0 bridgehead atoms. The fourth-order valence-electron chi connectivity index (χ4n) is 4.10. The molecular weight excluding hydrogens is 420 g/mol. The summed E-state index contributed by atoms with van der Waals surface area (Å²) in [4.78, 5) is 11.8. The van der Waals surface area contributed by atoms with Crippen molar-refractivity contribution in [3.8, 4) is 16.9 Å². The third-order valence-corrected chi connectivity index (χ3v) is 6.67. The fourth-order valence-corrected chi connectivity index (χ4v) is 5.02. The van der Waals surface area contributed by atoms with Crippen LogP contribution in [0.2, 0.25) is 0 Å². The van der Waals surface area contributed by atoms with Crippen LogP contribution in [0.4, 0.5) is 8.78 Å². The van der Waals surface area contributed by atoms with Crippen LogP contribution in [0, 0.1) is 11.6 Å². The van der Waals surface area contributed by atoms with Gasteiger partial charge in [-0.1, -0.05) is 42.5 Å². The fraction of sp³-hybridized carbons (Fsp3) is 0.125. The average Bonchev–Trinajstić information content (AvgIpc) is 3.33. The molecule has 0 saturated carbocycles. The van der Waals surface area contributed by atoms with Gasteiger partial charge in [0.25, 0.3) is 5.91 Å². The zero-order valence-corrected chi connectivity index (χ0v) is 17.0. The van der Waals surface area contributed by atoms with Gasteiger partial charge in [0.2, 0.25) is 0 Å². The maximum absolute atomic E-state index is 14.4. The highest BCUT2D eigenvalue weighted by Gasteiger charge is 2.28. The summed E-state index contributed by atoms with van der Waals surface area (Å²) in [7, 11) is -1.54. The van der Waals surface area contributed by atoms with Crippen LogP contribution in [0.15, 0.2) is 66.7 Å². The molecule has 1 amide bonds. The van der Waals surface area contributed by atoms with Gasteiger partial charge in [-0.15, -0.1) is 0 Å². The van der Waals surface area contributed by atoms with Gasteiger partial charge in [0, 0.05) is 11.6 Å². The van der Waals surface area contributed by atoms with E-state index < -0.39 is 22.6 Å². The van der Waals surface area contributed by atoms with E-state index in [0.717, 1.165) is 23.6 Å². The molecule has 2 atom stereocenters. The van der Waals surface area contributed by atoms with Crippen molar-refractivity contribution in [1.82, 2.24) is 4.72 Å². The van der Waals surface area contributed by atoms with Crippen molar-refractivity contribution in [2.24, 2.45) is 0 Å². The third-order valence-electron chi connectivity index (χ3n) is 5.53. The zero-order chi connectivity index (χ0) is 21.5. The lowest BCUT2D eigenvalue weighted by Gasteiger charge is -2.16. The van der Waals surface area contributed by atoms with E-state index in [1.807, 2.05) is 12.1 Å². The number of rotatable bonds is 4. The summed E-state index contributed by atoms with van der Waals surface area (Å²) in [5.41, 5.74) is 3.54. The Balaban J connectivity index is 1.40. The van der Waals surface area contributed by atoms with Crippen molar-refractivity contribution in [2.75, 3.05) is 0 Å². The van der Waals surface area contributed by atoms with E-state index in [9.17, 15) is 17.8 Å². The lowest BCUT2D eigenvalue weighted by Crippen LogP contribution is -2.16. The number of hydrogen-bond acceptors (Lipinski definition) is 3. The van der Waals surface area contributed by atoms with Crippen LogP contribution in [0.25, 0.3) is 16.0 Å². The number of fused-ring (bicyclic) bond motifs is 1. The molecule has 5 rings (SSSR count). The number of amides is 1. The third kappa shape index (κ3) is 3.55. The van der Waals surface area contributed by atoms with Crippen LogP contribution in [-0.2, 0) is 22.2 Å². The van der Waals surface area contributed by atoms with Crippen molar-refractivity contribution in [3.05, 3.63) is 95.1 Å². The lowest BCUT2D eigenvalue weighted by atomic mass is 9.96. The van der Waals surface area contributed by atoms with Gasteiger partial charge in [0.05, 0.1) is 4.91 Å². The molecule has 7 heteroatoms. The maximum atomic E-state index is 14.4. The van der Waals surface area contributed by atoms with Crippen molar-refractivity contribution in [1.29, 1.82) is 0 Å². The Morgan fingerprint density at radius 1 is 0.968 bits per heavy atom. The molecule has 31 heavy (non-hydrogen) atoms. The largest absolute Gasteiger partial charge is 0.486 e. The second-order valence-electron chi connectivity index (χ2n) is 7.39. The molecule has 1 aliphatic heterocycles. The average molecular weight is 437 g/mol. The van der Waals surface area contributed by atoms with Gasteiger partial charge in [-0.3, -0.25) is 9.52 Å². The van der Waals surface area contributed by atoms with Gasteiger partial charge in [0.15, 0.2) is 22.6 Å². The van der Waals surface area contributed by atoms with E-state index >= 15 is 0 Å². The molecule has 1 N–H and O–H groups in total. The van der Waals surface area contributed by atoms with Gasteiger partial charge in [-0.05, 0) is 53.3 Å². The zero-order valence-electron chi connectivity index (χ0n) is 16.2. The Kier molecular flexibility index (Phi) is 4.90. The summed E-state index contributed by atoms with van der Waals surface area (Å²) in [6, 6.07) is 16.8. The molecule has 3 aromatic rings. The standard InChI is InChI=1S/C24H17F2NO3S/c25-20-6-2-5-19(24(20)26)16-3-1-4-18-17(16)11-12-21(18)30-15-9-7-14(8-10-15)22-13-23(28)27-31(22)29/h1-10,13,21H,11-12H2,(H,27,28)/t21-,31?/m1/s1. The van der Waals surface area contributed by atoms with E-state index in [1.54, 1.807) is 36.4 Å². The second-order valence-corrected chi connectivity index (χ2v) is 8.57. The van der Waals surface area contributed by atoms with Crippen LogP contribution >= 0.6 is 0 Å². The molecule has 0 spiro atoms. The van der Waals surface area contributed by atoms with Crippen LogP contribution < -0.4 is 9.46 Å². The van der Waals surface area contributed by atoms with E-state index in [1.165, 1.54) is 12.1 Å². The summed E-state index contributed by atoms with van der Waals surface area (Å²) in [5.74, 6) is -1.45. The first-order chi connectivity index (χ1) is 15.0. The van der Waals surface area contributed by atoms with Gasteiger partial charge >= 0.3 is 0 Å². The first-order valence-corrected chi connectivity index (χ1v) is 10.9. The molecule has 1 heterocycles. The van der Waals surface area contributed by atoms with Crippen LogP contribution in [0.1, 0.15) is 29.2 Å². The molecule has 156 valence electrons. The second kappa shape index (κ2) is 7.74. The molecule has 0 aromatic heterocycles. The summed E-state index contributed by atoms with van der Waals surface area (Å²) in [6.07, 6.45) is 2.54. The predicted octanol–water partition coefficient (Wildman–Crippen LogP) is 4.83.